The summed E-state index contributed by atoms with van der Waals surface area (Å²) >= 11 is 0. The largest absolute Gasteiger partial charge is 0.391 e. The van der Waals surface area contributed by atoms with E-state index in [1.54, 1.807) is 6.20 Å². The fraction of sp³-hybridized carbons (Fsp3) is 0.615. The Morgan fingerprint density at radius 2 is 2.11 bits per heavy atom. The number of anilines is 1. The summed E-state index contributed by atoms with van der Waals surface area (Å²) < 4.78 is 2.06. The molecule has 2 fully saturated rings. The minimum absolute atomic E-state index is 0.262. The van der Waals surface area contributed by atoms with Gasteiger partial charge in [0.25, 0.3) is 0 Å². The number of piperidine rings is 1. The molecule has 1 unspecified atom stereocenters. The summed E-state index contributed by atoms with van der Waals surface area (Å²) in [5, 5.41) is 18.4. The number of hydrogen-bond acceptors (Lipinski definition) is 5. The molecule has 0 radical (unpaired) electrons. The van der Waals surface area contributed by atoms with Gasteiger partial charge in [-0.15, -0.1) is 10.2 Å². The number of rotatable bonds is 2. The van der Waals surface area contributed by atoms with Crippen LogP contribution in [0.2, 0.25) is 0 Å². The summed E-state index contributed by atoms with van der Waals surface area (Å²) in [7, 11) is 0. The maximum absolute atomic E-state index is 9.80. The fourth-order valence-corrected chi connectivity index (χ4v) is 2.82. The third-order valence-corrected chi connectivity index (χ3v) is 3.97. The second kappa shape index (κ2) is 4.16. The lowest BCUT2D eigenvalue weighted by molar-refractivity contribution is 0.154. The summed E-state index contributed by atoms with van der Waals surface area (Å²) in [6, 6.07) is 0. The van der Waals surface area contributed by atoms with Crippen LogP contribution in [0.1, 0.15) is 37.4 Å². The van der Waals surface area contributed by atoms with Crippen LogP contribution in [0.4, 0.5) is 5.82 Å². The van der Waals surface area contributed by atoms with E-state index in [9.17, 15) is 5.11 Å². The van der Waals surface area contributed by atoms with Crippen LogP contribution < -0.4 is 4.90 Å². The van der Waals surface area contributed by atoms with Crippen LogP contribution in [-0.2, 0) is 0 Å². The molecule has 1 saturated carbocycles. The van der Waals surface area contributed by atoms with Crippen LogP contribution in [0.25, 0.3) is 5.65 Å². The predicted octanol–water partition coefficient (Wildman–Crippen LogP) is 0.963. The normalized spacial score (nSPS) is 24.1. The lowest BCUT2D eigenvalue weighted by Gasteiger charge is -2.30. The van der Waals surface area contributed by atoms with Gasteiger partial charge in [0.05, 0.1) is 6.10 Å². The van der Waals surface area contributed by atoms with E-state index < -0.39 is 0 Å². The maximum atomic E-state index is 9.80. The molecule has 100 valence electrons. The Labute approximate surface area is 111 Å². The Morgan fingerprint density at radius 1 is 1.21 bits per heavy atom. The van der Waals surface area contributed by atoms with Gasteiger partial charge in [0.2, 0.25) is 5.65 Å². The SMILES string of the molecule is OC1CCCN(c2nccn3c(C4CC4)nnc23)C1. The highest BCUT2D eigenvalue weighted by molar-refractivity contribution is 5.64. The monoisotopic (exact) mass is 259 g/mol. The molecule has 1 aliphatic carbocycles. The second-order valence-electron chi connectivity index (χ2n) is 5.52. The molecule has 2 aliphatic rings. The van der Waals surface area contributed by atoms with Gasteiger partial charge in [-0.1, -0.05) is 0 Å². The van der Waals surface area contributed by atoms with Gasteiger partial charge in [0.15, 0.2) is 5.82 Å². The molecule has 1 N–H and O–H groups in total. The van der Waals surface area contributed by atoms with Gasteiger partial charge in [-0.25, -0.2) is 4.98 Å². The Bertz CT molecular complexity index is 606. The Kier molecular flexibility index (Phi) is 2.44. The van der Waals surface area contributed by atoms with Crippen molar-refractivity contribution in [3.63, 3.8) is 0 Å². The fourth-order valence-electron chi connectivity index (χ4n) is 2.82. The Balaban J connectivity index is 1.77. The van der Waals surface area contributed by atoms with Crippen molar-refractivity contribution in [2.75, 3.05) is 18.0 Å². The van der Waals surface area contributed by atoms with Crippen LogP contribution in [-0.4, -0.2) is 43.9 Å². The number of nitrogens with zero attached hydrogens (tertiary/aromatic N) is 5. The van der Waals surface area contributed by atoms with Gasteiger partial charge in [-0.2, -0.15) is 0 Å². The van der Waals surface area contributed by atoms with E-state index >= 15 is 0 Å². The molecule has 0 amide bonds. The molecule has 19 heavy (non-hydrogen) atoms. The molecule has 1 saturated heterocycles. The van der Waals surface area contributed by atoms with E-state index in [4.69, 9.17) is 0 Å². The number of aliphatic hydroxyl groups is 1. The number of aliphatic hydroxyl groups excluding tert-OH is 1. The van der Waals surface area contributed by atoms with Crippen LogP contribution in [0, 0.1) is 0 Å². The van der Waals surface area contributed by atoms with E-state index in [1.807, 2.05) is 6.20 Å². The first kappa shape index (κ1) is 11.2. The van der Waals surface area contributed by atoms with Gasteiger partial charge in [-0.3, -0.25) is 4.40 Å². The van der Waals surface area contributed by atoms with Crippen molar-refractivity contribution in [3.05, 3.63) is 18.2 Å². The molecule has 0 spiro atoms. The molecule has 1 atom stereocenters. The van der Waals surface area contributed by atoms with Crippen molar-refractivity contribution < 1.29 is 5.11 Å². The molecule has 6 heteroatoms. The van der Waals surface area contributed by atoms with Gasteiger partial charge < -0.3 is 10.0 Å². The minimum atomic E-state index is -0.262. The summed E-state index contributed by atoms with van der Waals surface area (Å²) in [5.41, 5.74) is 0.818. The van der Waals surface area contributed by atoms with Crippen LogP contribution in [0.3, 0.4) is 0 Å². The molecular weight excluding hydrogens is 242 g/mol. The smallest absolute Gasteiger partial charge is 0.203 e. The topological polar surface area (TPSA) is 66.5 Å². The number of aromatic nitrogens is 4. The summed E-state index contributed by atoms with van der Waals surface area (Å²) in [6.45, 7) is 1.56. The third-order valence-electron chi connectivity index (χ3n) is 3.97. The molecule has 6 nitrogen and oxygen atoms in total. The van der Waals surface area contributed by atoms with Crippen LogP contribution in [0.5, 0.6) is 0 Å². The highest BCUT2D eigenvalue weighted by atomic mass is 16.3. The second-order valence-corrected chi connectivity index (χ2v) is 5.52. The summed E-state index contributed by atoms with van der Waals surface area (Å²) in [4.78, 5) is 6.57. The Morgan fingerprint density at radius 3 is 2.89 bits per heavy atom. The molecule has 0 bridgehead atoms. The molecular formula is C13H17N5O. The van der Waals surface area contributed by atoms with Crippen molar-refractivity contribution in [1.82, 2.24) is 19.6 Å². The van der Waals surface area contributed by atoms with Crippen molar-refractivity contribution in [2.24, 2.45) is 0 Å². The minimum Gasteiger partial charge on any atom is -0.391 e. The maximum Gasteiger partial charge on any atom is 0.203 e. The van der Waals surface area contributed by atoms with Gasteiger partial charge in [0, 0.05) is 31.4 Å². The molecule has 3 heterocycles. The first-order valence-corrected chi connectivity index (χ1v) is 6.95. The third kappa shape index (κ3) is 1.87. The lowest BCUT2D eigenvalue weighted by atomic mass is 10.1. The Hall–Kier alpha value is -1.69. The molecule has 0 aromatic carbocycles. The molecule has 2 aromatic heterocycles. The standard InChI is InChI=1S/C13H17N5O/c19-10-2-1-6-17(8-10)12-13-16-15-11(9-3-4-9)18(13)7-5-14-12/h5,7,9-10,19H,1-4,6,8H2. The summed E-state index contributed by atoms with van der Waals surface area (Å²) in [6.07, 6.45) is 7.77. The molecule has 2 aromatic rings. The number of hydrogen-bond donors (Lipinski definition) is 1. The van der Waals surface area contributed by atoms with Crippen molar-refractivity contribution in [3.8, 4) is 0 Å². The van der Waals surface area contributed by atoms with E-state index in [2.05, 4.69) is 24.5 Å². The lowest BCUT2D eigenvalue weighted by Crippen LogP contribution is -2.39. The zero-order valence-corrected chi connectivity index (χ0v) is 10.7. The zero-order valence-electron chi connectivity index (χ0n) is 10.7. The van der Waals surface area contributed by atoms with Crippen molar-refractivity contribution >= 4 is 11.5 Å². The van der Waals surface area contributed by atoms with Gasteiger partial charge in [0.1, 0.15) is 5.82 Å². The first-order chi connectivity index (χ1) is 9.33. The predicted molar refractivity (Wildman–Crippen MR) is 70.2 cm³/mol. The van der Waals surface area contributed by atoms with Crippen LogP contribution >= 0.6 is 0 Å². The molecule has 1 aliphatic heterocycles. The number of fused-ring (bicyclic) bond motifs is 1. The summed E-state index contributed by atoms with van der Waals surface area (Å²) in [5.74, 6) is 2.47. The number of β-amino-alcohol motifs (C(OH)–C–C–N with tert-alkyl or cyclic N) is 1. The first-order valence-electron chi connectivity index (χ1n) is 6.95. The van der Waals surface area contributed by atoms with Gasteiger partial charge >= 0.3 is 0 Å². The van der Waals surface area contributed by atoms with Crippen molar-refractivity contribution in [1.29, 1.82) is 0 Å². The average Bonchev–Trinajstić information content (AvgIpc) is 3.18. The van der Waals surface area contributed by atoms with E-state index in [0.717, 1.165) is 36.7 Å². The zero-order chi connectivity index (χ0) is 12.8. The average molecular weight is 259 g/mol. The van der Waals surface area contributed by atoms with Gasteiger partial charge in [-0.05, 0) is 25.7 Å². The quantitative estimate of drug-likeness (QED) is 0.870. The van der Waals surface area contributed by atoms with E-state index in [1.165, 1.54) is 12.8 Å². The highest BCUT2D eigenvalue weighted by Crippen LogP contribution is 2.39. The highest BCUT2D eigenvalue weighted by Gasteiger charge is 2.30. The molecule has 4 rings (SSSR count). The van der Waals surface area contributed by atoms with E-state index in [-0.39, 0.29) is 6.10 Å². The van der Waals surface area contributed by atoms with Crippen molar-refractivity contribution in [2.45, 2.75) is 37.7 Å². The van der Waals surface area contributed by atoms with E-state index in [0.29, 0.717) is 12.5 Å². The van der Waals surface area contributed by atoms with Crippen LogP contribution in [0.15, 0.2) is 12.4 Å².